The molecule has 0 aliphatic rings. The first kappa shape index (κ1) is 17.7. The molecular formula is C20H22N4O2. The van der Waals surface area contributed by atoms with Crippen molar-refractivity contribution < 1.29 is 9.59 Å². The van der Waals surface area contributed by atoms with Crippen LogP contribution in [0.1, 0.15) is 45.4 Å². The predicted molar refractivity (Wildman–Crippen MR) is 101 cm³/mol. The van der Waals surface area contributed by atoms with Crippen LogP contribution in [0.25, 0.3) is 10.9 Å². The molecule has 6 nitrogen and oxygen atoms in total. The summed E-state index contributed by atoms with van der Waals surface area (Å²) in [5.41, 5.74) is 3.51. The first-order chi connectivity index (χ1) is 12.6. The number of hydrogen-bond acceptors (Lipinski definition) is 3. The number of pyridine rings is 1. The van der Waals surface area contributed by atoms with Crippen LogP contribution in [-0.2, 0) is 6.42 Å². The Bertz CT molecular complexity index is 946. The highest BCUT2D eigenvalue weighted by Gasteiger charge is 2.14. The number of benzene rings is 1. The largest absolute Gasteiger partial charge is 0.361 e. The summed E-state index contributed by atoms with van der Waals surface area (Å²) in [6.07, 6.45) is 3.28. The number of H-pyrrole nitrogens is 1. The lowest BCUT2D eigenvalue weighted by Crippen LogP contribution is -2.26. The number of hydrogen-bond donors (Lipinski definition) is 3. The van der Waals surface area contributed by atoms with E-state index in [4.69, 9.17) is 0 Å². The molecule has 0 spiro atoms. The number of rotatable bonds is 6. The third kappa shape index (κ3) is 3.74. The third-order valence-corrected chi connectivity index (χ3v) is 4.19. The molecule has 0 saturated heterocycles. The molecule has 0 radical (unpaired) electrons. The van der Waals surface area contributed by atoms with Crippen molar-refractivity contribution in [2.45, 2.75) is 19.8 Å². The highest BCUT2D eigenvalue weighted by Crippen LogP contribution is 2.20. The molecule has 2 heterocycles. The van der Waals surface area contributed by atoms with Gasteiger partial charge in [-0.05, 0) is 36.2 Å². The molecule has 0 saturated carbocycles. The molecule has 0 aliphatic carbocycles. The summed E-state index contributed by atoms with van der Waals surface area (Å²) in [5, 5.41) is 6.52. The minimum Gasteiger partial charge on any atom is -0.361 e. The van der Waals surface area contributed by atoms with Gasteiger partial charge in [0.1, 0.15) is 5.69 Å². The van der Waals surface area contributed by atoms with Gasteiger partial charge in [0.15, 0.2) is 0 Å². The highest BCUT2D eigenvalue weighted by molar-refractivity contribution is 5.98. The summed E-state index contributed by atoms with van der Waals surface area (Å²) in [7, 11) is 1.55. The van der Waals surface area contributed by atoms with Crippen molar-refractivity contribution in [1.29, 1.82) is 0 Å². The van der Waals surface area contributed by atoms with Crippen molar-refractivity contribution in [2.75, 3.05) is 13.6 Å². The second-order valence-corrected chi connectivity index (χ2v) is 6.10. The molecule has 0 atom stereocenters. The zero-order valence-electron chi connectivity index (χ0n) is 14.9. The van der Waals surface area contributed by atoms with Crippen LogP contribution >= 0.6 is 0 Å². The average Bonchev–Trinajstić information content (AvgIpc) is 3.15. The van der Waals surface area contributed by atoms with Crippen LogP contribution in [0.5, 0.6) is 0 Å². The van der Waals surface area contributed by atoms with Gasteiger partial charge in [-0.2, -0.15) is 0 Å². The minimum absolute atomic E-state index is 0.194. The van der Waals surface area contributed by atoms with Crippen LogP contribution in [0, 0.1) is 0 Å². The first-order valence-electron chi connectivity index (χ1n) is 8.68. The molecule has 3 aromatic rings. The van der Waals surface area contributed by atoms with Gasteiger partial charge in [-0.25, -0.2) is 4.98 Å². The Morgan fingerprint density at radius 3 is 2.77 bits per heavy atom. The standard InChI is InChI=1S/C20H22N4O2/c1-3-8-23-19(25)14-11-15(24-18(12-14)20(26)21-2)10-13-5-4-6-17-16(13)7-9-22-17/h4-7,9,11-12,22H,3,8,10H2,1-2H3,(H,21,26)(H,23,25). The van der Waals surface area contributed by atoms with Gasteiger partial charge in [-0.1, -0.05) is 19.1 Å². The van der Waals surface area contributed by atoms with Gasteiger partial charge in [-0.15, -0.1) is 0 Å². The third-order valence-electron chi connectivity index (χ3n) is 4.19. The van der Waals surface area contributed by atoms with E-state index in [-0.39, 0.29) is 17.5 Å². The van der Waals surface area contributed by atoms with E-state index in [9.17, 15) is 9.59 Å². The van der Waals surface area contributed by atoms with Crippen LogP contribution in [0.4, 0.5) is 0 Å². The SMILES string of the molecule is CCCNC(=O)c1cc(Cc2cccc3[nH]ccc23)nc(C(=O)NC)c1. The smallest absolute Gasteiger partial charge is 0.269 e. The zero-order valence-corrected chi connectivity index (χ0v) is 14.9. The number of fused-ring (bicyclic) bond motifs is 1. The van der Waals surface area contributed by atoms with Crippen molar-refractivity contribution >= 4 is 22.7 Å². The van der Waals surface area contributed by atoms with Crippen LogP contribution in [0.3, 0.4) is 0 Å². The van der Waals surface area contributed by atoms with Gasteiger partial charge < -0.3 is 15.6 Å². The lowest BCUT2D eigenvalue weighted by atomic mass is 10.0. The fourth-order valence-corrected chi connectivity index (χ4v) is 2.89. The van der Waals surface area contributed by atoms with E-state index < -0.39 is 0 Å². The second kappa shape index (κ2) is 7.82. The summed E-state index contributed by atoms with van der Waals surface area (Å²) in [6, 6.07) is 11.3. The fraction of sp³-hybridized carbons (Fsp3) is 0.250. The number of amides is 2. The van der Waals surface area contributed by atoms with Crippen LogP contribution in [-0.4, -0.2) is 35.4 Å². The molecule has 0 aliphatic heterocycles. The molecule has 134 valence electrons. The summed E-state index contributed by atoms with van der Waals surface area (Å²) < 4.78 is 0. The molecule has 3 N–H and O–H groups in total. The Morgan fingerprint density at radius 2 is 2.00 bits per heavy atom. The summed E-state index contributed by atoms with van der Waals surface area (Å²) in [5.74, 6) is -0.503. The topological polar surface area (TPSA) is 86.9 Å². The molecular weight excluding hydrogens is 328 g/mol. The van der Waals surface area contributed by atoms with Crippen LogP contribution in [0.15, 0.2) is 42.6 Å². The van der Waals surface area contributed by atoms with E-state index in [1.807, 2.05) is 37.4 Å². The van der Waals surface area contributed by atoms with Crippen molar-refractivity contribution in [2.24, 2.45) is 0 Å². The molecule has 6 heteroatoms. The zero-order chi connectivity index (χ0) is 18.5. The lowest BCUT2D eigenvalue weighted by Gasteiger charge is -2.10. The Balaban J connectivity index is 1.98. The van der Waals surface area contributed by atoms with E-state index >= 15 is 0 Å². The van der Waals surface area contributed by atoms with Gasteiger partial charge >= 0.3 is 0 Å². The van der Waals surface area contributed by atoms with E-state index in [1.54, 1.807) is 13.1 Å². The monoisotopic (exact) mass is 350 g/mol. The molecule has 2 aromatic heterocycles. The lowest BCUT2D eigenvalue weighted by molar-refractivity contribution is 0.0953. The average molecular weight is 350 g/mol. The maximum absolute atomic E-state index is 12.4. The number of nitrogens with zero attached hydrogens (tertiary/aromatic N) is 1. The Kier molecular flexibility index (Phi) is 5.31. The Hall–Kier alpha value is -3.15. The Labute approximate surface area is 152 Å². The molecule has 2 amide bonds. The van der Waals surface area contributed by atoms with Crippen molar-refractivity contribution in [3.05, 3.63) is 65.1 Å². The number of carbonyl (C=O) groups is 2. The van der Waals surface area contributed by atoms with Gasteiger partial charge in [0, 0.05) is 48.4 Å². The van der Waals surface area contributed by atoms with Gasteiger partial charge in [0.2, 0.25) is 0 Å². The Morgan fingerprint density at radius 1 is 1.15 bits per heavy atom. The maximum Gasteiger partial charge on any atom is 0.269 e. The number of aromatic nitrogens is 2. The number of carbonyl (C=O) groups excluding carboxylic acids is 2. The minimum atomic E-state index is -0.309. The summed E-state index contributed by atoms with van der Waals surface area (Å²) in [4.78, 5) is 32.1. The van der Waals surface area contributed by atoms with E-state index in [2.05, 4.69) is 20.6 Å². The number of nitrogens with one attached hydrogen (secondary N) is 3. The normalized spacial score (nSPS) is 10.7. The van der Waals surface area contributed by atoms with Crippen molar-refractivity contribution in [3.63, 3.8) is 0 Å². The predicted octanol–water partition coefficient (Wildman–Crippen LogP) is 2.65. The van der Waals surface area contributed by atoms with Crippen molar-refractivity contribution in [1.82, 2.24) is 20.6 Å². The van der Waals surface area contributed by atoms with E-state index in [0.29, 0.717) is 24.2 Å². The molecule has 0 bridgehead atoms. The highest BCUT2D eigenvalue weighted by atomic mass is 16.2. The van der Waals surface area contributed by atoms with Crippen molar-refractivity contribution in [3.8, 4) is 0 Å². The van der Waals surface area contributed by atoms with Gasteiger partial charge in [-0.3, -0.25) is 9.59 Å². The molecule has 1 aromatic carbocycles. The van der Waals surface area contributed by atoms with Gasteiger partial charge in [0.05, 0.1) is 0 Å². The first-order valence-corrected chi connectivity index (χ1v) is 8.68. The number of aromatic amines is 1. The maximum atomic E-state index is 12.4. The second-order valence-electron chi connectivity index (χ2n) is 6.10. The quantitative estimate of drug-likeness (QED) is 0.639. The molecule has 0 unspecified atom stereocenters. The van der Waals surface area contributed by atoms with Gasteiger partial charge in [0.25, 0.3) is 11.8 Å². The molecule has 26 heavy (non-hydrogen) atoms. The summed E-state index contributed by atoms with van der Waals surface area (Å²) in [6.45, 7) is 2.58. The fourth-order valence-electron chi connectivity index (χ4n) is 2.89. The molecule has 0 fully saturated rings. The molecule has 3 rings (SSSR count). The van der Waals surface area contributed by atoms with E-state index in [0.717, 1.165) is 22.9 Å². The van der Waals surface area contributed by atoms with Crippen LogP contribution in [0.2, 0.25) is 0 Å². The van der Waals surface area contributed by atoms with Crippen LogP contribution < -0.4 is 10.6 Å². The summed E-state index contributed by atoms with van der Waals surface area (Å²) >= 11 is 0. The van der Waals surface area contributed by atoms with E-state index in [1.165, 1.54) is 6.07 Å².